The summed E-state index contributed by atoms with van der Waals surface area (Å²) in [5.74, 6) is 4.77. The van der Waals surface area contributed by atoms with E-state index in [9.17, 15) is 24.0 Å². The molecule has 0 unspecified atom stereocenters. The van der Waals surface area contributed by atoms with E-state index in [0.29, 0.717) is 17.7 Å². The standard InChI is InChI=1S/C28H25ClN4O5/c1-18-8-10-19(11-9-18)12-13-22(34)30-25-26(29)32(28(38)31(2)27(25)37)16-4-6-20-5-3-7-21(17-20)33-23(35)14-15-24(33)36/h3,5,7-11,17H,12-16H2,1-2H3,(H,30,34). The molecule has 0 atom stereocenters. The van der Waals surface area contributed by atoms with Crippen LogP contribution in [-0.4, -0.2) is 26.9 Å². The van der Waals surface area contributed by atoms with Gasteiger partial charge in [-0.2, -0.15) is 0 Å². The molecule has 38 heavy (non-hydrogen) atoms. The number of imide groups is 1. The fourth-order valence-electron chi connectivity index (χ4n) is 4.01. The van der Waals surface area contributed by atoms with E-state index < -0.39 is 17.2 Å². The Morgan fingerprint density at radius 3 is 2.39 bits per heavy atom. The lowest BCUT2D eigenvalue weighted by Crippen LogP contribution is -2.40. The summed E-state index contributed by atoms with van der Waals surface area (Å²) in [5.41, 5.74) is 1.44. The summed E-state index contributed by atoms with van der Waals surface area (Å²) >= 11 is 6.38. The molecule has 4 rings (SSSR count). The van der Waals surface area contributed by atoms with Crippen molar-refractivity contribution in [2.24, 2.45) is 7.05 Å². The minimum absolute atomic E-state index is 0.125. The number of halogens is 1. The fraction of sp³-hybridized carbons (Fsp3) is 0.250. The van der Waals surface area contributed by atoms with Gasteiger partial charge >= 0.3 is 5.69 Å². The molecule has 0 aliphatic carbocycles. The van der Waals surface area contributed by atoms with Crippen LogP contribution in [0.25, 0.3) is 0 Å². The van der Waals surface area contributed by atoms with Crippen LogP contribution >= 0.6 is 11.6 Å². The monoisotopic (exact) mass is 532 g/mol. The molecular formula is C28H25ClN4O5. The summed E-state index contributed by atoms with van der Waals surface area (Å²) in [6.07, 6.45) is 0.949. The largest absolute Gasteiger partial charge is 0.332 e. The quantitative estimate of drug-likeness (QED) is 0.298. The average Bonchev–Trinajstić information content (AvgIpc) is 3.24. The average molecular weight is 533 g/mol. The van der Waals surface area contributed by atoms with Crippen LogP contribution in [-0.2, 0) is 34.4 Å². The number of hydrogen-bond donors (Lipinski definition) is 1. The highest BCUT2D eigenvalue weighted by atomic mass is 35.5. The van der Waals surface area contributed by atoms with Crippen molar-refractivity contribution in [3.8, 4) is 11.8 Å². The lowest BCUT2D eigenvalue weighted by atomic mass is 10.1. The molecule has 1 aromatic heterocycles. The van der Waals surface area contributed by atoms with Crippen LogP contribution < -0.4 is 21.5 Å². The van der Waals surface area contributed by atoms with Crippen molar-refractivity contribution in [3.63, 3.8) is 0 Å². The van der Waals surface area contributed by atoms with E-state index in [0.717, 1.165) is 25.2 Å². The summed E-state index contributed by atoms with van der Waals surface area (Å²) in [6.45, 7) is 1.81. The minimum Gasteiger partial charge on any atom is -0.319 e. The second-order valence-corrected chi connectivity index (χ2v) is 9.27. The van der Waals surface area contributed by atoms with E-state index in [1.807, 2.05) is 31.2 Å². The van der Waals surface area contributed by atoms with Gasteiger partial charge in [0.15, 0.2) is 0 Å². The van der Waals surface area contributed by atoms with Gasteiger partial charge in [0.05, 0.1) is 12.2 Å². The number of aromatic nitrogens is 2. The lowest BCUT2D eigenvalue weighted by molar-refractivity contribution is -0.121. The van der Waals surface area contributed by atoms with Crippen LogP contribution in [0.3, 0.4) is 0 Å². The van der Waals surface area contributed by atoms with Crippen molar-refractivity contribution in [2.75, 3.05) is 10.2 Å². The zero-order chi connectivity index (χ0) is 27.4. The van der Waals surface area contributed by atoms with Gasteiger partial charge in [0.25, 0.3) is 5.56 Å². The number of nitrogens with one attached hydrogen (secondary N) is 1. The van der Waals surface area contributed by atoms with Gasteiger partial charge < -0.3 is 5.32 Å². The van der Waals surface area contributed by atoms with Gasteiger partial charge in [-0.15, -0.1) is 0 Å². The number of rotatable bonds is 6. The van der Waals surface area contributed by atoms with Gasteiger partial charge in [-0.25, -0.2) is 4.79 Å². The van der Waals surface area contributed by atoms with E-state index >= 15 is 0 Å². The Bertz CT molecular complexity index is 1590. The predicted octanol–water partition coefficient (Wildman–Crippen LogP) is 2.79. The van der Waals surface area contributed by atoms with Gasteiger partial charge in [0.2, 0.25) is 17.7 Å². The Balaban J connectivity index is 1.52. The topological polar surface area (TPSA) is 110 Å². The molecule has 1 N–H and O–H groups in total. The van der Waals surface area contributed by atoms with Crippen molar-refractivity contribution < 1.29 is 14.4 Å². The first-order chi connectivity index (χ1) is 18.2. The van der Waals surface area contributed by atoms with Crippen LogP contribution in [0, 0.1) is 18.8 Å². The highest BCUT2D eigenvalue weighted by Gasteiger charge is 2.30. The Kier molecular flexibility index (Phi) is 7.93. The molecule has 0 radical (unpaired) electrons. The highest BCUT2D eigenvalue weighted by molar-refractivity contribution is 6.32. The summed E-state index contributed by atoms with van der Waals surface area (Å²) in [7, 11) is 1.29. The van der Waals surface area contributed by atoms with Gasteiger partial charge in [-0.1, -0.05) is 59.3 Å². The molecule has 2 heterocycles. The maximum atomic E-state index is 12.7. The molecule has 194 valence electrons. The maximum absolute atomic E-state index is 12.7. The summed E-state index contributed by atoms with van der Waals surface area (Å²) in [4.78, 5) is 63.1. The fourth-order valence-corrected chi connectivity index (χ4v) is 4.27. The van der Waals surface area contributed by atoms with Crippen molar-refractivity contribution in [2.45, 2.75) is 39.2 Å². The lowest BCUT2D eigenvalue weighted by Gasteiger charge is -2.14. The number of carbonyl (C=O) groups excluding carboxylic acids is 3. The van der Waals surface area contributed by atoms with Crippen LogP contribution in [0.4, 0.5) is 11.4 Å². The minimum atomic E-state index is -0.722. The number of carbonyl (C=O) groups is 3. The maximum Gasteiger partial charge on any atom is 0.332 e. The first-order valence-electron chi connectivity index (χ1n) is 11.9. The number of amides is 3. The second kappa shape index (κ2) is 11.3. The van der Waals surface area contributed by atoms with Gasteiger partial charge in [-0.3, -0.25) is 33.2 Å². The van der Waals surface area contributed by atoms with Gasteiger partial charge in [0.1, 0.15) is 10.8 Å². The Morgan fingerprint density at radius 2 is 1.71 bits per heavy atom. The normalized spacial score (nSPS) is 12.9. The van der Waals surface area contributed by atoms with E-state index in [2.05, 4.69) is 17.2 Å². The number of anilines is 2. The van der Waals surface area contributed by atoms with Crippen LogP contribution in [0.15, 0.2) is 58.1 Å². The summed E-state index contributed by atoms with van der Waals surface area (Å²) in [6, 6.07) is 14.4. The molecule has 0 bridgehead atoms. The summed E-state index contributed by atoms with van der Waals surface area (Å²) < 4.78 is 1.94. The van der Waals surface area contributed by atoms with Crippen LogP contribution in [0.2, 0.25) is 5.15 Å². The molecule has 1 fully saturated rings. The zero-order valence-electron chi connectivity index (χ0n) is 20.9. The van der Waals surface area contributed by atoms with E-state index in [1.54, 1.807) is 24.3 Å². The van der Waals surface area contributed by atoms with Crippen molar-refractivity contribution in [1.29, 1.82) is 0 Å². The Labute approximate surface area is 223 Å². The first-order valence-corrected chi connectivity index (χ1v) is 12.3. The molecule has 1 aliphatic rings. The SMILES string of the molecule is Cc1ccc(CCC(=O)Nc2c(Cl)n(CC#Cc3cccc(N4C(=O)CCC4=O)c3)c(=O)n(C)c2=O)cc1. The van der Waals surface area contributed by atoms with Gasteiger partial charge in [-0.05, 0) is 37.1 Å². The highest BCUT2D eigenvalue weighted by Crippen LogP contribution is 2.23. The van der Waals surface area contributed by atoms with Crippen molar-refractivity contribution >= 4 is 40.7 Å². The van der Waals surface area contributed by atoms with Crippen molar-refractivity contribution in [3.05, 3.63) is 91.2 Å². The zero-order valence-corrected chi connectivity index (χ0v) is 21.7. The molecular weight excluding hydrogens is 508 g/mol. The third-order valence-corrected chi connectivity index (χ3v) is 6.52. The van der Waals surface area contributed by atoms with Gasteiger partial charge in [0, 0.05) is 31.9 Å². The van der Waals surface area contributed by atoms with Crippen LogP contribution in [0.1, 0.15) is 36.0 Å². The first kappa shape index (κ1) is 26.6. The number of benzene rings is 2. The third kappa shape index (κ3) is 5.76. The summed E-state index contributed by atoms with van der Waals surface area (Å²) in [5, 5.41) is 2.32. The molecule has 9 nitrogen and oxygen atoms in total. The Morgan fingerprint density at radius 1 is 1.03 bits per heavy atom. The smallest absolute Gasteiger partial charge is 0.319 e. The molecule has 0 saturated carbocycles. The van der Waals surface area contributed by atoms with E-state index in [1.165, 1.54) is 7.05 Å². The van der Waals surface area contributed by atoms with Crippen LogP contribution in [0.5, 0.6) is 0 Å². The molecule has 1 saturated heterocycles. The third-order valence-electron chi connectivity index (χ3n) is 6.13. The Hall–Kier alpha value is -4.42. The number of nitrogens with zero attached hydrogens (tertiary/aromatic N) is 3. The molecule has 0 spiro atoms. The molecule has 3 aromatic rings. The molecule has 2 aromatic carbocycles. The molecule has 3 amide bonds. The second-order valence-electron chi connectivity index (χ2n) is 8.91. The van der Waals surface area contributed by atoms with Crippen molar-refractivity contribution in [1.82, 2.24) is 9.13 Å². The molecule has 1 aliphatic heterocycles. The number of aryl methyl sites for hydroxylation is 2. The predicted molar refractivity (Wildman–Crippen MR) is 144 cm³/mol. The molecule has 10 heteroatoms. The number of hydrogen-bond acceptors (Lipinski definition) is 5. The van der Waals surface area contributed by atoms with E-state index in [-0.39, 0.29) is 48.5 Å². The van der Waals surface area contributed by atoms with E-state index in [4.69, 9.17) is 11.6 Å².